The van der Waals surface area contributed by atoms with Gasteiger partial charge in [-0.25, -0.2) is 0 Å². The van der Waals surface area contributed by atoms with Gasteiger partial charge in [-0.05, 0) is 111 Å². The maximum atomic E-state index is 14.8. The summed E-state index contributed by atoms with van der Waals surface area (Å²) in [6.45, 7) is 34.8. The molecule has 0 radical (unpaired) electrons. The average molecular weight is 895 g/mol. The molecule has 3 aromatic carbocycles. The fourth-order valence-electron chi connectivity index (χ4n) is 9.87. The van der Waals surface area contributed by atoms with Crippen LogP contribution in [-0.2, 0) is 32.9 Å². The quantitative estimate of drug-likeness (QED) is 0.0505. The van der Waals surface area contributed by atoms with E-state index in [-0.39, 0.29) is 39.5 Å². The number of benzene rings is 3. The molecule has 366 valence electrons. The monoisotopic (exact) mass is 895 g/mol. The lowest BCUT2D eigenvalue weighted by atomic mass is 9.76. The Balaban J connectivity index is 1.89. The molecule has 0 aliphatic heterocycles. The molecular formula is C61H98O4. The summed E-state index contributed by atoms with van der Waals surface area (Å²) in [5.74, 6) is 1.04. The van der Waals surface area contributed by atoms with Gasteiger partial charge < -0.3 is 14.9 Å². The predicted octanol–water partition coefficient (Wildman–Crippen LogP) is 18.3. The molecule has 0 bridgehead atoms. The molecule has 0 saturated heterocycles. The summed E-state index contributed by atoms with van der Waals surface area (Å²) in [6.07, 6.45) is 24.4. The average Bonchev–Trinajstić information content (AvgIpc) is 3.18. The van der Waals surface area contributed by atoms with Gasteiger partial charge in [-0.1, -0.05) is 230 Å². The molecule has 0 fully saturated rings. The Bertz CT molecular complexity index is 1890. The van der Waals surface area contributed by atoms with Gasteiger partial charge in [0.2, 0.25) is 0 Å². The minimum atomic E-state index is -0.317. The van der Waals surface area contributed by atoms with Crippen molar-refractivity contribution >= 4 is 5.97 Å². The van der Waals surface area contributed by atoms with Crippen molar-refractivity contribution in [2.24, 2.45) is 5.92 Å². The Labute approximate surface area is 400 Å². The van der Waals surface area contributed by atoms with E-state index in [1.807, 2.05) is 6.07 Å². The first kappa shape index (κ1) is 56.1. The molecule has 2 atom stereocenters. The van der Waals surface area contributed by atoms with Crippen molar-refractivity contribution in [3.8, 4) is 17.2 Å². The third kappa shape index (κ3) is 17.4. The van der Waals surface area contributed by atoms with Gasteiger partial charge in [0.15, 0.2) is 0 Å². The molecule has 0 saturated carbocycles. The van der Waals surface area contributed by atoms with Gasteiger partial charge >= 0.3 is 5.97 Å². The van der Waals surface area contributed by atoms with Gasteiger partial charge in [0.25, 0.3) is 0 Å². The highest BCUT2D eigenvalue weighted by Gasteiger charge is 2.32. The minimum absolute atomic E-state index is 0.138. The number of aromatic hydroxyl groups is 2. The number of unbranched alkanes of at least 4 members (excludes halogenated alkanes) is 15. The molecule has 0 spiro atoms. The van der Waals surface area contributed by atoms with E-state index in [0.29, 0.717) is 23.7 Å². The summed E-state index contributed by atoms with van der Waals surface area (Å²) in [7, 11) is 0. The highest BCUT2D eigenvalue weighted by atomic mass is 16.5. The molecule has 4 nitrogen and oxygen atoms in total. The molecule has 2 N–H and O–H groups in total. The molecule has 4 heteroatoms. The third-order valence-electron chi connectivity index (χ3n) is 13.9. The van der Waals surface area contributed by atoms with Crippen molar-refractivity contribution in [3.05, 3.63) is 86.5 Å². The lowest BCUT2D eigenvalue weighted by molar-refractivity contribution is -0.139. The number of ether oxygens (including phenoxy) is 1. The largest absolute Gasteiger partial charge is 0.508 e. The number of esters is 1. The first-order valence-corrected chi connectivity index (χ1v) is 26.4. The van der Waals surface area contributed by atoms with Gasteiger partial charge in [0, 0.05) is 11.5 Å². The van der Waals surface area contributed by atoms with Gasteiger partial charge in [-0.2, -0.15) is 0 Å². The number of phenols is 2. The van der Waals surface area contributed by atoms with Crippen molar-refractivity contribution < 1.29 is 19.7 Å². The van der Waals surface area contributed by atoms with Crippen LogP contribution >= 0.6 is 0 Å². The first-order chi connectivity index (χ1) is 30.3. The molecular weight excluding hydrogens is 797 g/mol. The third-order valence-corrected chi connectivity index (χ3v) is 13.9. The Hall–Kier alpha value is -3.27. The number of aryl methyl sites for hydroxylation is 2. The van der Waals surface area contributed by atoms with E-state index >= 15 is 0 Å². The van der Waals surface area contributed by atoms with Crippen LogP contribution in [0.15, 0.2) is 36.4 Å². The second kappa shape index (κ2) is 25.2. The van der Waals surface area contributed by atoms with Crippen LogP contribution in [0.3, 0.4) is 0 Å². The Morgan fingerprint density at radius 1 is 0.492 bits per heavy atom. The van der Waals surface area contributed by atoms with E-state index in [1.54, 1.807) is 0 Å². The lowest BCUT2D eigenvalue weighted by Crippen LogP contribution is -2.26. The van der Waals surface area contributed by atoms with Crippen LogP contribution in [0.2, 0.25) is 0 Å². The molecule has 0 aliphatic carbocycles. The summed E-state index contributed by atoms with van der Waals surface area (Å²) in [4.78, 5) is 14.8. The summed E-state index contributed by atoms with van der Waals surface area (Å²) in [5.41, 5.74) is 8.66. The van der Waals surface area contributed by atoms with Crippen LogP contribution in [0, 0.1) is 19.8 Å². The van der Waals surface area contributed by atoms with Crippen LogP contribution in [0.5, 0.6) is 17.2 Å². The molecule has 3 rings (SSSR count). The number of phenolic OH excluding ortho intramolecular Hbond substituents is 2. The van der Waals surface area contributed by atoms with E-state index in [1.165, 1.54) is 101 Å². The van der Waals surface area contributed by atoms with Crippen LogP contribution in [0.1, 0.15) is 275 Å². The summed E-state index contributed by atoms with van der Waals surface area (Å²) in [6, 6.07) is 12.9. The van der Waals surface area contributed by atoms with Crippen molar-refractivity contribution in [1.29, 1.82) is 0 Å². The number of carbonyl (C=O) groups excluding carboxylic acids is 1. The van der Waals surface area contributed by atoms with Crippen LogP contribution in [0.25, 0.3) is 0 Å². The van der Waals surface area contributed by atoms with Gasteiger partial charge in [0.05, 0.1) is 5.92 Å². The number of rotatable bonds is 25. The highest BCUT2D eigenvalue weighted by Crippen LogP contribution is 2.44. The molecule has 0 amide bonds. The van der Waals surface area contributed by atoms with Gasteiger partial charge in [-0.15, -0.1) is 0 Å². The minimum Gasteiger partial charge on any atom is -0.508 e. The fraction of sp³-hybridized carbons (Fsp3) is 0.689. The molecule has 0 aliphatic rings. The molecule has 65 heavy (non-hydrogen) atoms. The number of hydrogen-bond acceptors (Lipinski definition) is 4. The molecule has 0 heterocycles. The highest BCUT2D eigenvalue weighted by molar-refractivity contribution is 5.76. The number of carbonyl (C=O) groups is 1. The smallest absolute Gasteiger partial charge is 0.314 e. The van der Waals surface area contributed by atoms with E-state index in [4.69, 9.17) is 4.74 Å². The van der Waals surface area contributed by atoms with Crippen LogP contribution in [-0.4, -0.2) is 16.2 Å². The van der Waals surface area contributed by atoms with Crippen molar-refractivity contribution in [3.63, 3.8) is 0 Å². The molecule has 2 unspecified atom stereocenters. The first-order valence-electron chi connectivity index (χ1n) is 26.4. The van der Waals surface area contributed by atoms with Gasteiger partial charge in [-0.3, -0.25) is 4.79 Å². The standard InChI is InChI=1S/C61H98O4/c1-17-19-20-21-22-23-24-25-26-27-28-29-30-31-32-33-35-46(38-45-39-52(60(11,12)13)56(63)53(40-45)61(14,15)16)57(64)65-55-37-44(4)49(42-51(55)59(8,9)10)47(34-18-2)48-41-50(58(5,6)7)54(62)36-43(48)3/h36-37,39-42,46-47,62-63H,17-35,38H2,1-16H3. The Morgan fingerprint density at radius 3 is 1.31 bits per heavy atom. The van der Waals surface area contributed by atoms with Crippen molar-refractivity contribution in [2.75, 3.05) is 0 Å². The Morgan fingerprint density at radius 2 is 0.892 bits per heavy atom. The zero-order valence-corrected chi connectivity index (χ0v) is 45.0. The maximum Gasteiger partial charge on any atom is 0.314 e. The zero-order chi connectivity index (χ0) is 48.8. The van der Waals surface area contributed by atoms with E-state index in [0.717, 1.165) is 71.0 Å². The summed E-state index contributed by atoms with van der Waals surface area (Å²) in [5, 5.41) is 22.6. The van der Waals surface area contributed by atoms with E-state index in [2.05, 4.69) is 141 Å². The topological polar surface area (TPSA) is 66.8 Å². The molecule has 0 aromatic heterocycles. The second-order valence-electron chi connectivity index (χ2n) is 24.2. The SMILES string of the molecule is CCCCCCCCCCCCCCCCCCC(Cc1cc(C(C)(C)C)c(O)c(C(C)(C)C)c1)C(=O)Oc1cc(C)c(C(CCC)c2cc(C(C)(C)C)c(O)cc2C)cc1C(C)(C)C. The van der Waals surface area contributed by atoms with E-state index in [9.17, 15) is 15.0 Å². The molecule has 3 aromatic rings. The van der Waals surface area contributed by atoms with Crippen molar-refractivity contribution in [2.45, 2.75) is 267 Å². The normalized spacial score (nSPS) is 13.6. The van der Waals surface area contributed by atoms with Crippen LogP contribution in [0.4, 0.5) is 0 Å². The van der Waals surface area contributed by atoms with Crippen molar-refractivity contribution in [1.82, 2.24) is 0 Å². The Kier molecular flexibility index (Phi) is 21.7. The zero-order valence-electron chi connectivity index (χ0n) is 45.0. The maximum absolute atomic E-state index is 14.8. The predicted molar refractivity (Wildman–Crippen MR) is 281 cm³/mol. The summed E-state index contributed by atoms with van der Waals surface area (Å²) < 4.78 is 6.67. The summed E-state index contributed by atoms with van der Waals surface area (Å²) >= 11 is 0. The number of hydrogen-bond donors (Lipinski definition) is 2. The second-order valence-corrected chi connectivity index (χ2v) is 24.2. The fourth-order valence-corrected chi connectivity index (χ4v) is 9.87. The van der Waals surface area contributed by atoms with Crippen LogP contribution < -0.4 is 4.74 Å². The lowest BCUT2D eigenvalue weighted by Gasteiger charge is -2.30. The van der Waals surface area contributed by atoms with E-state index < -0.39 is 0 Å². The van der Waals surface area contributed by atoms with Gasteiger partial charge in [0.1, 0.15) is 17.2 Å².